The minimum atomic E-state index is -0.496. The van der Waals surface area contributed by atoms with E-state index in [4.69, 9.17) is 15.9 Å². The van der Waals surface area contributed by atoms with Crippen molar-refractivity contribution in [3.8, 4) is 5.75 Å². The lowest BCUT2D eigenvalue weighted by Gasteiger charge is -2.09. The molecule has 0 bridgehead atoms. The molecule has 7 nitrogen and oxygen atoms in total. The van der Waals surface area contributed by atoms with Crippen LogP contribution in [-0.2, 0) is 11.2 Å². The average molecular weight is 354 g/mol. The molecule has 0 spiro atoms. The third-order valence-corrected chi connectivity index (χ3v) is 3.35. The molecule has 7 heteroatoms. The van der Waals surface area contributed by atoms with Crippen LogP contribution in [0.4, 0.5) is 5.69 Å². The summed E-state index contributed by atoms with van der Waals surface area (Å²) in [6.45, 7) is 3.81. The van der Waals surface area contributed by atoms with E-state index in [0.717, 1.165) is 5.56 Å². The Morgan fingerprint density at radius 3 is 2.23 bits per heavy atom. The number of carbonyl (C=O) groups excluding carboxylic acids is 2. The predicted octanol–water partition coefficient (Wildman–Crippen LogP) is 2.28. The third kappa shape index (κ3) is 5.94. The van der Waals surface area contributed by atoms with Gasteiger partial charge in [0.2, 0.25) is 5.91 Å². The molecule has 0 unspecified atom stereocenters. The first-order valence-corrected chi connectivity index (χ1v) is 8.15. The fourth-order valence-corrected chi connectivity index (χ4v) is 2.24. The molecule has 26 heavy (non-hydrogen) atoms. The Labute approximate surface area is 152 Å². The number of nitrogens with one attached hydrogen (secondary N) is 3. The maximum absolute atomic E-state index is 12.2. The highest BCUT2D eigenvalue weighted by Crippen LogP contribution is 2.16. The topological polar surface area (TPSA) is 117 Å². The van der Waals surface area contributed by atoms with Gasteiger partial charge in [-0.25, -0.2) is 4.79 Å². The first-order chi connectivity index (χ1) is 12.3. The Balaban J connectivity index is 1.94. The highest BCUT2D eigenvalue weighted by atomic mass is 16.5. The number of hydrogen-bond acceptors (Lipinski definition) is 4. The average Bonchev–Trinajstić information content (AvgIpc) is 2.56. The Morgan fingerprint density at radius 2 is 1.69 bits per heavy atom. The fraction of sp³-hybridized carbons (Fsp3) is 0.211. The second kappa shape index (κ2) is 8.66. The Hall–Kier alpha value is -3.35. The van der Waals surface area contributed by atoms with Crippen LogP contribution in [0.3, 0.4) is 0 Å². The van der Waals surface area contributed by atoms with E-state index < -0.39 is 5.97 Å². The molecular weight excluding hydrogens is 332 g/mol. The van der Waals surface area contributed by atoms with Gasteiger partial charge in [-0.15, -0.1) is 0 Å². The Bertz CT molecular complexity index is 783. The Morgan fingerprint density at radius 1 is 1.08 bits per heavy atom. The summed E-state index contributed by atoms with van der Waals surface area (Å²) < 4.78 is 5.32. The molecule has 0 saturated carbocycles. The van der Waals surface area contributed by atoms with Gasteiger partial charge in [-0.3, -0.25) is 10.2 Å². The zero-order valence-corrected chi connectivity index (χ0v) is 14.7. The van der Waals surface area contributed by atoms with Crippen LogP contribution >= 0.6 is 0 Å². The number of hydrogen-bond donors (Lipinski definition) is 4. The van der Waals surface area contributed by atoms with E-state index >= 15 is 0 Å². The van der Waals surface area contributed by atoms with E-state index in [1.165, 1.54) is 0 Å². The summed E-state index contributed by atoms with van der Waals surface area (Å²) in [5.74, 6) is -0.329. The number of esters is 1. The van der Waals surface area contributed by atoms with Gasteiger partial charge in [0.25, 0.3) is 0 Å². The highest BCUT2D eigenvalue weighted by Gasteiger charge is 2.10. The molecule has 2 aromatic carbocycles. The molecule has 0 atom stereocenters. The number of ether oxygens (including phenoxy) is 1. The van der Waals surface area contributed by atoms with E-state index in [1.54, 1.807) is 48.5 Å². The summed E-state index contributed by atoms with van der Waals surface area (Å²) in [5, 5.41) is 12.6. The molecule has 5 N–H and O–H groups in total. The monoisotopic (exact) mass is 354 g/mol. The fourth-order valence-electron chi connectivity index (χ4n) is 2.24. The molecule has 0 aromatic heterocycles. The first kappa shape index (κ1) is 19.0. The van der Waals surface area contributed by atoms with Gasteiger partial charge < -0.3 is 21.1 Å². The minimum Gasteiger partial charge on any atom is -0.423 e. The van der Waals surface area contributed by atoms with Gasteiger partial charge in [0.1, 0.15) is 5.75 Å². The van der Waals surface area contributed by atoms with E-state index in [-0.39, 0.29) is 24.3 Å². The molecule has 0 heterocycles. The number of carbonyl (C=O) groups is 2. The summed E-state index contributed by atoms with van der Waals surface area (Å²) in [6.07, 6.45) is 0.275. The molecule has 0 saturated heterocycles. The summed E-state index contributed by atoms with van der Waals surface area (Å²) in [6, 6.07) is 13.3. The molecule has 0 radical (unpaired) electrons. The lowest BCUT2D eigenvalue weighted by atomic mass is 10.1. The molecular formula is C19H22N4O3. The number of rotatable bonds is 6. The zero-order chi connectivity index (χ0) is 19.1. The third-order valence-electron chi connectivity index (χ3n) is 3.35. The number of amides is 1. The molecule has 1 amide bonds. The van der Waals surface area contributed by atoms with E-state index in [9.17, 15) is 9.59 Å². The van der Waals surface area contributed by atoms with Crippen molar-refractivity contribution in [2.24, 2.45) is 5.73 Å². The van der Waals surface area contributed by atoms with Crippen LogP contribution in [-0.4, -0.2) is 23.9 Å². The number of guanidine groups is 1. The largest absolute Gasteiger partial charge is 0.423 e. The lowest BCUT2D eigenvalue weighted by Crippen LogP contribution is -2.31. The van der Waals surface area contributed by atoms with Crippen LogP contribution in [0.25, 0.3) is 0 Å². The molecule has 2 rings (SSSR count). The van der Waals surface area contributed by atoms with Crippen molar-refractivity contribution in [2.45, 2.75) is 26.3 Å². The van der Waals surface area contributed by atoms with Crippen LogP contribution in [0.5, 0.6) is 5.75 Å². The predicted molar refractivity (Wildman–Crippen MR) is 100 cm³/mol. The standard InChI is InChI=1S/C19H22N4O3/c1-12(2)22-17(24)11-13-3-9-16(10-4-13)26-18(25)14-5-7-15(8-6-14)23-19(20)21/h3-10,12H,11H2,1-2H3,(H,22,24)(H4,20,21,23). The zero-order valence-electron chi connectivity index (χ0n) is 14.7. The Kier molecular flexibility index (Phi) is 6.32. The van der Waals surface area contributed by atoms with Crippen LogP contribution in [0.1, 0.15) is 29.8 Å². The SMILES string of the molecule is CC(C)NC(=O)Cc1ccc(OC(=O)c2ccc(NC(=N)N)cc2)cc1. The van der Waals surface area contributed by atoms with Crippen molar-refractivity contribution < 1.29 is 14.3 Å². The van der Waals surface area contributed by atoms with Crippen molar-refractivity contribution in [3.05, 3.63) is 59.7 Å². The highest BCUT2D eigenvalue weighted by molar-refractivity contribution is 5.93. The van der Waals surface area contributed by atoms with Gasteiger partial charge >= 0.3 is 5.97 Å². The molecule has 0 fully saturated rings. The van der Waals surface area contributed by atoms with Gasteiger partial charge in [-0.2, -0.15) is 0 Å². The van der Waals surface area contributed by atoms with Crippen molar-refractivity contribution in [1.29, 1.82) is 5.41 Å². The van der Waals surface area contributed by atoms with Crippen LogP contribution < -0.4 is 21.1 Å². The van der Waals surface area contributed by atoms with Gasteiger partial charge in [-0.05, 0) is 55.8 Å². The quantitative estimate of drug-likeness (QED) is 0.275. The molecule has 0 aliphatic carbocycles. The van der Waals surface area contributed by atoms with Gasteiger partial charge in [-0.1, -0.05) is 12.1 Å². The van der Waals surface area contributed by atoms with Crippen molar-refractivity contribution >= 4 is 23.5 Å². The second-order valence-corrected chi connectivity index (χ2v) is 6.05. The second-order valence-electron chi connectivity index (χ2n) is 6.05. The van der Waals surface area contributed by atoms with Crippen molar-refractivity contribution in [3.63, 3.8) is 0 Å². The normalized spacial score (nSPS) is 10.3. The van der Waals surface area contributed by atoms with Crippen LogP contribution in [0.15, 0.2) is 48.5 Å². The molecule has 2 aromatic rings. The molecule has 0 aliphatic heterocycles. The summed E-state index contributed by atoms with van der Waals surface area (Å²) in [7, 11) is 0. The van der Waals surface area contributed by atoms with E-state index in [2.05, 4.69) is 10.6 Å². The van der Waals surface area contributed by atoms with Crippen LogP contribution in [0, 0.1) is 5.41 Å². The maximum Gasteiger partial charge on any atom is 0.343 e. The van der Waals surface area contributed by atoms with E-state index in [0.29, 0.717) is 17.0 Å². The smallest absolute Gasteiger partial charge is 0.343 e. The number of nitrogens with two attached hydrogens (primary N) is 1. The lowest BCUT2D eigenvalue weighted by molar-refractivity contribution is -0.120. The van der Waals surface area contributed by atoms with Crippen molar-refractivity contribution in [1.82, 2.24) is 5.32 Å². The number of benzene rings is 2. The minimum absolute atomic E-state index is 0.0518. The molecule has 0 aliphatic rings. The van der Waals surface area contributed by atoms with Gasteiger partial charge in [0.05, 0.1) is 12.0 Å². The summed E-state index contributed by atoms with van der Waals surface area (Å²) >= 11 is 0. The van der Waals surface area contributed by atoms with E-state index in [1.807, 2.05) is 13.8 Å². The maximum atomic E-state index is 12.2. The number of anilines is 1. The first-order valence-electron chi connectivity index (χ1n) is 8.15. The molecule has 136 valence electrons. The van der Waals surface area contributed by atoms with Gasteiger partial charge in [0, 0.05) is 11.7 Å². The van der Waals surface area contributed by atoms with Crippen molar-refractivity contribution in [2.75, 3.05) is 5.32 Å². The summed E-state index contributed by atoms with van der Waals surface area (Å²) in [5.41, 5.74) is 7.07. The summed E-state index contributed by atoms with van der Waals surface area (Å²) in [4.78, 5) is 23.9. The van der Waals surface area contributed by atoms with Crippen LogP contribution in [0.2, 0.25) is 0 Å². The van der Waals surface area contributed by atoms with Gasteiger partial charge in [0.15, 0.2) is 5.96 Å².